The Balaban J connectivity index is 1.61. The van der Waals surface area contributed by atoms with Crippen molar-refractivity contribution in [1.29, 1.82) is 0 Å². The van der Waals surface area contributed by atoms with E-state index in [4.69, 9.17) is 11.6 Å². The van der Waals surface area contributed by atoms with Crippen LogP contribution >= 0.6 is 11.6 Å². The summed E-state index contributed by atoms with van der Waals surface area (Å²) in [6, 6.07) is 13.0. The maximum Gasteiger partial charge on any atom is 0.387 e. The number of alkyl halides is 2. The predicted octanol–water partition coefficient (Wildman–Crippen LogP) is 3.45. The zero-order valence-electron chi connectivity index (χ0n) is 13.3. The number of ether oxygens (including phenoxy) is 1. The minimum Gasteiger partial charge on any atom is -0.435 e. The molecule has 9 heteroatoms. The lowest BCUT2D eigenvalue weighted by Crippen LogP contribution is -2.23. The van der Waals surface area contributed by atoms with E-state index in [1.165, 1.54) is 23.0 Å². The molecule has 1 aromatic heterocycles. The Morgan fingerprint density at radius 1 is 1.19 bits per heavy atom. The molecule has 0 radical (unpaired) electrons. The number of nitrogens with zero attached hydrogens (tertiary/aromatic N) is 3. The Kier molecular flexibility index (Phi) is 5.43. The molecule has 0 saturated heterocycles. The summed E-state index contributed by atoms with van der Waals surface area (Å²) in [6.07, 6.45) is 1.47. The number of halogens is 3. The van der Waals surface area contributed by atoms with Crippen LogP contribution in [0.2, 0.25) is 5.02 Å². The number of hydrogen-bond acceptors (Lipinski definition) is 4. The van der Waals surface area contributed by atoms with Crippen LogP contribution in [0.4, 0.5) is 8.78 Å². The molecule has 2 aromatic carbocycles. The second kappa shape index (κ2) is 7.92. The smallest absolute Gasteiger partial charge is 0.387 e. The molecule has 1 N–H and O–H groups in total. The van der Waals surface area contributed by atoms with Crippen molar-refractivity contribution in [2.24, 2.45) is 0 Å². The minimum atomic E-state index is -2.87. The Morgan fingerprint density at radius 3 is 2.62 bits per heavy atom. The van der Waals surface area contributed by atoms with Gasteiger partial charge in [0, 0.05) is 6.54 Å². The van der Waals surface area contributed by atoms with Crippen LogP contribution in [0.1, 0.15) is 16.1 Å². The van der Waals surface area contributed by atoms with E-state index >= 15 is 0 Å². The quantitative estimate of drug-likeness (QED) is 0.713. The summed E-state index contributed by atoms with van der Waals surface area (Å²) in [5, 5.41) is 10.9. The van der Waals surface area contributed by atoms with Crippen molar-refractivity contribution in [3.63, 3.8) is 0 Å². The third kappa shape index (κ3) is 4.34. The van der Waals surface area contributed by atoms with E-state index in [-0.39, 0.29) is 18.0 Å². The van der Waals surface area contributed by atoms with Crippen LogP contribution in [0.15, 0.2) is 54.7 Å². The van der Waals surface area contributed by atoms with E-state index in [0.29, 0.717) is 10.7 Å². The molecular formula is C17H13ClF2N4O2. The summed E-state index contributed by atoms with van der Waals surface area (Å²) in [5.41, 5.74) is 1.45. The van der Waals surface area contributed by atoms with E-state index in [1.54, 1.807) is 36.4 Å². The van der Waals surface area contributed by atoms with Crippen LogP contribution in [-0.4, -0.2) is 27.5 Å². The van der Waals surface area contributed by atoms with Gasteiger partial charge in [0.2, 0.25) is 0 Å². The van der Waals surface area contributed by atoms with E-state index in [1.807, 2.05) is 0 Å². The molecule has 0 saturated carbocycles. The summed E-state index contributed by atoms with van der Waals surface area (Å²) in [6.45, 7) is -2.67. The number of carbonyl (C=O) groups excluding carboxylic acids is 1. The van der Waals surface area contributed by atoms with E-state index in [2.05, 4.69) is 20.4 Å². The first kappa shape index (κ1) is 17.8. The molecule has 0 atom stereocenters. The maximum atomic E-state index is 12.2. The largest absolute Gasteiger partial charge is 0.435 e. The van der Waals surface area contributed by atoms with Gasteiger partial charge in [0.05, 0.1) is 16.9 Å². The van der Waals surface area contributed by atoms with Gasteiger partial charge in [0.15, 0.2) is 5.69 Å². The van der Waals surface area contributed by atoms with E-state index < -0.39 is 12.5 Å². The Morgan fingerprint density at radius 2 is 1.92 bits per heavy atom. The van der Waals surface area contributed by atoms with E-state index in [9.17, 15) is 13.6 Å². The van der Waals surface area contributed by atoms with Gasteiger partial charge in [-0.15, -0.1) is 5.10 Å². The normalized spacial score (nSPS) is 10.8. The van der Waals surface area contributed by atoms with Crippen LogP contribution < -0.4 is 10.1 Å². The third-order valence-corrected chi connectivity index (χ3v) is 3.75. The Bertz CT molecular complexity index is 900. The molecule has 0 aliphatic heterocycles. The molecule has 1 amide bonds. The monoisotopic (exact) mass is 378 g/mol. The van der Waals surface area contributed by atoms with Crippen LogP contribution in [0, 0.1) is 0 Å². The molecule has 1 heterocycles. The van der Waals surface area contributed by atoms with E-state index in [0.717, 1.165) is 5.56 Å². The van der Waals surface area contributed by atoms with Gasteiger partial charge in [-0.3, -0.25) is 4.79 Å². The number of carbonyl (C=O) groups is 1. The van der Waals surface area contributed by atoms with Gasteiger partial charge in [-0.2, -0.15) is 8.78 Å². The standard InChI is InChI=1S/C17H13ClF2N4O2/c18-13-3-1-2-4-15(13)24-10-14(22-23-24)16(25)21-9-11-5-7-12(8-6-11)26-17(19)20/h1-8,10,17H,9H2,(H,21,25). The third-order valence-electron chi connectivity index (χ3n) is 3.43. The molecule has 3 rings (SSSR count). The van der Waals surface area contributed by atoms with Crippen LogP contribution in [0.3, 0.4) is 0 Å². The minimum absolute atomic E-state index is 0.0535. The number of para-hydroxylation sites is 1. The lowest BCUT2D eigenvalue weighted by atomic mass is 10.2. The molecule has 134 valence electrons. The zero-order valence-corrected chi connectivity index (χ0v) is 14.0. The molecule has 3 aromatic rings. The summed E-state index contributed by atoms with van der Waals surface area (Å²) < 4.78 is 29.9. The number of amides is 1. The highest BCUT2D eigenvalue weighted by atomic mass is 35.5. The number of rotatable bonds is 6. The lowest BCUT2D eigenvalue weighted by molar-refractivity contribution is -0.0498. The number of benzene rings is 2. The van der Waals surface area contributed by atoms with Crippen LogP contribution in [-0.2, 0) is 6.54 Å². The number of hydrogen-bond donors (Lipinski definition) is 1. The first-order valence-corrected chi connectivity index (χ1v) is 7.90. The molecule has 0 unspecified atom stereocenters. The molecule has 6 nitrogen and oxygen atoms in total. The summed E-state index contributed by atoms with van der Waals surface area (Å²) in [5.74, 6) is -0.367. The zero-order chi connectivity index (χ0) is 18.5. The predicted molar refractivity (Wildman–Crippen MR) is 90.6 cm³/mol. The lowest BCUT2D eigenvalue weighted by Gasteiger charge is -2.06. The molecule has 26 heavy (non-hydrogen) atoms. The highest BCUT2D eigenvalue weighted by Gasteiger charge is 2.12. The second-order valence-corrected chi connectivity index (χ2v) is 5.61. The first-order valence-electron chi connectivity index (χ1n) is 7.52. The van der Waals surface area contributed by atoms with Gasteiger partial charge in [0.1, 0.15) is 5.75 Å². The van der Waals surface area contributed by atoms with Crippen molar-refractivity contribution < 1.29 is 18.3 Å². The topological polar surface area (TPSA) is 69.0 Å². The highest BCUT2D eigenvalue weighted by molar-refractivity contribution is 6.32. The number of aromatic nitrogens is 3. The van der Waals surface area contributed by atoms with Gasteiger partial charge >= 0.3 is 6.61 Å². The Hall–Kier alpha value is -3.00. The van der Waals surface area contributed by atoms with Crippen molar-refractivity contribution in [3.05, 3.63) is 71.0 Å². The molecule has 0 fully saturated rings. The Labute approximate surface area is 152 Å². The SMILES string of the molecule is O=C(NCc1ccc(OC(F)F)cc1)c1cn(-c2ccccc2Cl)nn1. The van der Waals surface area contributed by atoms with Crippen molar-refractivity contribution in [2.45, 2.75) is 13.2 Å². The average molecular weight is 379 g/mol. The van der Waals surface area contributed by atoms with Crippen molar-refractivity contribution in [1.82, 2.24) is 20.3 Å². The fraction of sp³-hybridized carbons (Fsp3) is 0.118. The van der Waals surface area contributed by atoms with Gasteiger partial charge in [-0.25, -0.2) is 4.68 Å². The fourth-order valence-electron chi connectivity index (χ4n) is 2.18. The molecule has 0 aliphatic rings. The second-order valence-electron chi connectivity index (χ2n) is 5.20. The average Bonchev–Trinajstić information content (AvgIpc) is 3.11. The molecule has 0 bridgehead atoms. The summed E-state index contributed by atoms with van der Waals surface area (Å²) in [4.78, 5) is 12.2. The molecular weight excluding hydrogens is 366 g/mol. The van der Waals surface area contributed by atoms with Crippen molar-refractivity contribution in [3.8, 4) is 11.4 Å². The van der Waals surface area contributed by atoms with Crippen LogP contribution in [0.5, 0.6) is 5.75 Å². The van der Waals surface area contributed by atoms with Gasteiger partial charge in [0.25, 0.3) is 5.91 Å². The van der Waals surface area contributed by atoms with Gasteiger partial charge in [-0.05, 0) is 29.8 Å². The van der Waals surface area contributed by atoms with Crippen molar-refractivity contribution in [2.75, 3.05) is 0 Å². The summed E-state index contributed by atoms with van der Waals surface area (Å²) >= 11 is 6.09. The molecule has 0 aliphatic carbocycles. The van der Waals surface area contributed by atoms with Crippen molar-refractivity contribution >= 4 is 17.5 Å². The first-order chi connectivity index (χ1) is 12.5. The van der Waals surface area contributed by atoms with Gasteiger partial charge in [-0.1, -0.05) is 41.1 Å². The van der Waals surface area contributed by atoms with Crippen LogP contribution in [0.25, 0.3) is 5.69 Å². The fourth-order valence-corrected chi connectivity index (χ4v) is 2.41. The highest BCUT2D eigenvalue weighted by Crippen LogP contribution is 2.19. The maximum absolute atomic E-state index is 12.2. The van der Waals surface area contributed by atoms with Gasteiger partial charge < -0.3 is 10.1 Å². The number of nitrogens with one attached hydrogen (secondary N) is 1. The summed E-state index contributed by atoms with van der Waals surface area (Å²) in [7, 11) is 0. The molecule has 0 spiro atoms.